The molecule has 0 bridgehead atoms. The molecule has 120 valence electrons. The normalized spacial score (nSPS) is 14.0. The first-order valence-corrected chi connectivity index (χ1v) is 8.45. The van der Waals surface area contributed by atoms with E-state index in [-0.39, 0.29) is 10.8 Å². The molecule has 0 aliphatic rings. The van der Waals surface area contributed by atoms with Crippen molar-refractivity contribution in [1.82, 2.24) is 0 Å². The minimum atomic E-state index is -1.05. The van der Waals surface area contributed by atoms with Gasteiger partial charge < -0.3 is 14.9 Å². The van der Waals surface area contributed by atoms with Gasteiger partial charge in [0.25, 0.3) is 0 Å². The van der Waals surface area contributed by atoms with E-state index in [1.54, 1.807) is 13.0 Å². The van der Waals surface area contributed by atoms with E-state index in [0.29, 0.717) is 17.9 Å². The van der Waals surface area contributed by atoms with E-state index in [4.69, 9.17) is 33.0 Å². The summed E-state index contributed by atoms with van der Waals surface area (Å²) in [5, 5.41) is 20.3. The number of fused-ring (bicyclic) bond motifs is 1. The second kappa shape index (κ2) is 7.04. The number of aliphatic hydroxyl groups is 1. The van der Waals surface area contributed by atoms with Crippen LogP contribution < -0.4 is 4.74 Å². The number of hydrogen-bond donors (Lipinski definition) is 2. The molecule has 2 atom stereocenters. The van der Waals surface area contributed by atoms with Crippen LogP contribution in [0.25, 0.3) is 10.1 Å². The van der Waals surface area contributed by atoms with Gasteiger partial charge in [-0.25, -0.2) is 4.79 Å². The van der Waals surface area contributed by atoms with Crippen molar-refractivity contribution in [3.05, 3.63) is 27.1 Å². The molecule has 2 unspecified atom stereocenters. The highest BCUT2D eigenvalue weighted by molar-refractivity contribution is 7.19. The molecule has 0 fully saturated rings. The van der Waals surface area contributed by atoms with Crippen molar-refractivity contribution in [3.8, 4) is 5.75 Å². The Hall–Kier alpha value is -1.01. The number of hydrogen-bond acceptors (Lipinski definition) is 4. The fourth-order valence-corrected chi connectivity index (χ4v) is 3.75. The highest BCUT2D eigenvalue weighted by Gasteiger charge is 2.22. The third kappa shape index (κ3) is 3.33. The molecule has 0 aliphatic carbocycles. The van der Waals surface area contributed by atoms with E-state index in [1.807, 2.05) is 13.0 Å². The van der Waals surface area contributed by atoms with E-state index in [0.717, 1.165) is 15.0 Å². The van der Waals surface area contributed by atoms with Crippen molar-refractivity contribution in [2.45, 2.75) is 38.9 Å². The minimum Gasteiger partial charge on any atom is -0.479 e. The molecule has 0 aliphatic heterocycles. The first kappa shape index (κ1) is 17.3. The first-order valence-electron chi connectivity index (χ1n) is 6.87. The number of aliphatic carboxylic acids is 1. The topological polar surface area (TPSA) is 66.8 Å². The highest BCUT2D eigenvalue weighted by atomic mass is 35.5. The average molecular weight is 363 g/mol. The fraction of sp³-hybridized carbons (Fsp3) is 0.400. The van der Waals surface area contributed by atoms with Crippen LogP contribution in [0, 0.1) is 0 Å². The summed E-state index contributed by atoms with van der Waals surface area (Å²) in [6.45, 7) is 3.60. The van der Waals surface area contributed by atoms with Gasteiger partial charge in [0.2, 0.25) is 0 Å². The predicted octanol–water partition coefficient (Wildman–Crippen LogP) is 4.89. The van der Waals surface area contributed by atoms with Gasteiger partial charge in [0, 0.05) is 4.88 Å². The van der Waals surface area contributed by atoms with Crippen LogP contribution in [-0.2, 0) is 4.79 Å². The third-order valence-corrected chi connectivity index (χ3v) is 5.54. The molecule has 4 nitrogen and oxygen atoms in total. The van der Waals surface area contributed by atoms with E-state index in [1.165, 1.54) is 11.3 Å². The number of aliphatic hydroxyl groups excluding tert-OH is 1. The van der Waals surface area contributed by atoms with E-state index in [2.05, 4.69) is 0 Å². The number of carboxylic acid groups (broad SMARTS) is 1. The van der Waals surface area contributed by atoms with Gasteiger partial charge in [-0.15, -0.1) is 11.3 Å². The second-order valence-electron chi connectivity index (χ2n) is 4.85. The molecule has 0 amide bonds. The van der Waals surface area contributed by atoms with Crippen LogP contribution in [0.3, 0.4) is 0 Å². The van der Waals surface area contributed by atoms with Crippen LogP contribution in [0.4, 0.5) is 0 Å². The van der Waals surface area contributed by atoms with Crippen molar-refractivity contribution in [3.63, 3.8) is 0 Å². The van der Waals surface area contributed by atoms with Crippen LogP contribution in [0.15, 0.2) is 12.1 Å². The van der Waals surface area contributed by atoms with Gasteiger partial charge in [-0.05, 0) is 30.4 Å². The molecule has 7 heteroatoms. The Labute approximate surface area is 142 Å². The lowest BCUT2D eigenvalue weighted by molar-refractivity contribution is -0.145. The Balaban J connectivity index is 2.48. The molecule has 0 spiro atoms. The van der Waals surface area contributed by atoms with Gasteiger partial charge in [0.1, 0.15) is 10.8 Å². The monoisotopic (exact) mass is 362 g/mol. The number of carboxylic acids is 1. The molecule has 1 aromatic carbocycles. The molecular formula is C15H16Cl2O4S. The quantitative estimate of drug-likeness (QED) is 0.767. The van der Waals surface area contributed by atoms with E-state index < -0.39 is 18.2 Å². The maximum absolute atomic E-state index is 11.1. The predicted molar refractivity (Wildman–Crippen MR) is 89.4 cm³/mol. The molecule has 0 saturated heterocycles. The summed E-state index contributed by atoms with van der Waals surface area (Å²) in [5.41, 5.74) is 0. The summed E-state index contributed by atoms with van der Waals surface area (Å²) >= 11 is 13.8. The summed E-state index contributed by atoms with van der Waals surface area (Å²) in [6, 6.07) is 3.49. The van der Waals surface area contributed by atoms with Gasteiger partial charge in [-0.3, -0.25) is 0 Å². The standard InChI is InChI=1S/C15H16Cl2O4S/c1-3-8(18)11-6-7-5-10(21-9(4-2)15(19)20)12(16)13(17)14(7)22-11/h5-6,8-9,18H,3-4H2,1-2H3,(H,19,20). The molecular weight excluding hydrogens is 347 g/mol. The van der Waals surface area contributed by atoms with Gasteiger partial charge in [-0.2, -0.15) is 0 Å². The number of thiophene rings is 1. The largest absolute Gasteiger partial charge is 0.479 e. The van der Waals surface area contributed by atoms with E-state index >= 15 is 0 Å². The Kier molecular flexibility index (Phi) is 5.55. The lowest BCUT2D eigenvalue weighted by Gasteiger charge is -2.15. The zero-order chi connectivity index (χ0) is 16.4. The van der Waals surface area contributed by atoms with Crippen LogP contribution in [0.5, 0.6) is 5.75 Å². The second-order valence-corrected chi connectivity index (χ2v) is 6.69. The zero-order valence-corrected chi connectivity index (χ0v) is 14.4. The molecule has 2 rings (SSSR count). The molecule has 2 aromatic rings. The third-order valence-electron chi connectivity index (χ3n) is 3.31. The zero-order valence-electron chi connectivity index (χ0n) is 12.1. The molecule has 22 heavy (non-hydrogen) atoms. The van der Waals surface area contributed by atoms with Gasteiger partial charge >= 0.3 is 5.97 Å². The van der Waals surface area contributed by atoms with Crippen LogP contribution >= 0.6 is 34.5 Å². The van der Waals surface area contributed by atoms with E-state index in [9.17, 15) is 9.90 Å². The number of rotatable bonds is 6. The molecule has 0 saturated carbocycles. The Morgan fingerprint density at radius 2 is 1.95 bits per heavy atom. The lowest BCUT2D eigenvalue weighted by Crippen LogP contribution is -2.26. The Morgan fingerprint density at radius 3 is 2.50 bits per heavy atom. The summed E-state index contributed by atoms with van der Waals surface area (Å²) in [7, 11) is 0. The number of benzene rings is 1. The van der Waals surface area contributed by atoms with Gasteiger partial charge in [0.05, 0.1) is 15.8 Å². The Morgan fingerprint density at radius 1 is 1.27 bits per heavy atom. The van der Waals surface area contributed by atoms with Gasteiger partial charge in [0.15, 0.2) is 6.10 Å². The molecule has 1 aromatic heterocycles. The van der Waals surface area contributed by atoms with Gasteiger partial charge in [-0.1, -0.05) is 37.0 Å². The molecule has 1 heterocycles. The molecule has 2 N–H and O–H groups in total. The van der Waals surface area contributed by atoms with Crippen LogP contribution in [0.2, 0.25) is 10.0 Å². The summed E-state index contributed by atoms with van der Waals surface area (Å²) in [5.74, 6) is -0.814. The Bertz CT molecular complexity index is 698. The maximum atomic E-state index is 11.1. The molecule has 0 radical (unpaired) electrons. The fourth-order valence-electron chi connectivity index (χ4n) is 2.03. The number of ether oxygens (including phenoxy) is 1. The first-order chi connectivity index (χ1) is 10.4. The smallest absolute Gasteiger partial charge is 0.344 e. The summed E-state index contributed by atoms with van der Waals surface area (Å²) in [4.78, 5) is 11.9. The van der Waals surface area contributed by atoms with Crippen molar-refractivity contribution in [1.29, 1.82) is 0 Å². The van der Waals surface area contributed by atoms with Crippen molar-refractivity contribution in [2.75, 3.05) is 0 Å². The highest BCUT2D eigenvalue weighted by Crippen LogP contribution is 2.44. The van der Waals surface area contributed by atoms with Crippen molar-refractivity contribution < 1.29 is 19.7 Å². The maximum Gasteiger partial charge on any atom is 0.344 e. The van der Waals surface area contributed by atoms with Crippen molar-refractivity contribution >= 4 is 50.6 Å². The van der Waals surface area contributed by atoms with Crippen LogP contribution in [0.1, 0.15) is 37.7 Å². The minimum absolute atomic E-state index is 0.188. The summed E-state index contributed by atoms with van der Waals surface area (Å²) in [6.07, 6.45) is -0.632. The van der Waals surface area contributed by atoms with Crippen molar-refractivity contribution in [2.24, 2.45) is 0 Å². The average Bonchev–Trinajstić information content (AvgIpc) is 2.92. The lowest BCUT2D eigenvalue weighted by atomic mass is 10.2. The SMILES string of the molecule is CCC(Oc1cc2cc(C(O)CC)sc2c(Cl)c1Cl)C(=O)O. The number of carbonyl (C=O) groups is 1. The number of halogens is 2. The van der Waals surface area contributed by atoms with Crippen LogP contribution in [-0.4, -0.2) is 22.3 Å². The summed E-state index contributed by atoms with van der Waals surface area (Å²) < 4.78 is 6.22.